The van der Waals surface area contributed by atoms with Gasteiger partial charge >= 0.3 is 0 Å². The highest BCUT2D eigenvalue weighted by Crippen LogP contribution is 2.27. The highest BCUT2D eigenvalue weighted by Gasteiger charge is 2.25. The van der Waals surface area contributed by atoms with Crippen LogP contribution in [0.1, 0.15) is 27.0 Å². The summed E-state index contributed by atoms with van der Waals surface area (Å²) in [6.45, 7) is 3.34. The van der Waals surface area contributed by atoms with Gasteiger partial charge in [-0.2, -0.15) is 0 Å². The van der Waals surface area contributed by atoms with Crippen molar-refractivity contribution in [3.63, 3.8) is 0 Å². The molecule has 10 heteroatoms. The molecule has 1 aromatic heterocycles. The first kappa shape index (κ1) is 22.5. The molecular formula is C21H18ClF2N3O3S. The molecule has 0 spiro atoms. The summed E-state index contributed by atoms with van der Waals surface area (Å²) >= 11 is 5.95. The van der Waals surface area contributed by atoms with Crippen molar-refractivity contribution in [2.24, 2.45) is 0 Å². The number of nitrogens with one attached hydrogen (secondary N) is 3. The van der Waals surface area contributed by atoms with Gasteiger partial charge in [-0.15, -0.1) is 0 Å². The van der Waals surface area contributed by atoms with Crippen LogP contribution in [0.4, 0.5) is 14.5 Å². The summed E-state index contributed by atoms with van der Waals surface area (Å²) in [6.07, 6.45) is 2.65. The number of halogens is 3. The second kappa shape index (κ2) is 8.91. The van der Waals surface area contributed by atoms with E-state index in [9.17, 15) is 17.6 Å². The molecule has 0 saturated heterocycles. The van der Waals surface area contributed by atoms with E-state index < -0.39 is 38.7 Å². The lowest BCUT2D eigenvalue weighted by Crippen LogP contribution is -2.17. The van der Waals surface area contributed by atoms with Gasteiger partial charge in [0.05, 0.1) is 21.2 Å². The van der Waals surface area contributed by atoms with Crippen molar-refractivity contribution in [3.8, 4) is 0 Å². The van der Waals surface area contributed by atoms with E-state index in [2.05, 4.69) is 14.9 Å². The van der Waals surface area contributed by atoms with Crippen molar-refractivity contribution in [1.29, 1.82) is 0 Å². The van der Waals surface area contributed by atoms with Crippen molar-refractivity contribution < 1.29 is 22.0 Å². The molecule has 0 saturated carbocycles. The molecule has 0 atom stereocenters. The highest BCUT2D eigenvalue weighted by atomic mass is 35.5. The van der Waals surface area contributed by atoms with Crippen LogP contribution in [0.2, 0.25) is 5.02 Å². The van der Waals surface area contributed by atoms with Crippen molar-refractivity contribution in [1.82, 2.24) is 10.2 Å². The molecule has 2 aromatic carbocycles. The minimum atomic E-state index is -4.16. The molecule has 0 amide bonds. The Labute approximate surface area is 182 Å². The van der Waals surface area contributed by atoms with Gasteiger partial charge in [-0.1, -0.05) is 29.3 Å². The minimum absolute atomic E-state index is 0.0601. The van der Waals surface area contributed by atoms with Crippen LogP contribution in [-0.2, 0) is 10.0 Å². The summed E-state index contributed by atoms with van der Waals surface area (Å²) in [6, 6.07) is 9.07. The van der Waals surface area contributed by atoms with Gasteiger partial charge < -0.3 is 10.2 Å². The fourth-order valence-corrected chi connectivity index (χ4v) is 4.08. The lowest BCUT2D eigenvalue weighted by Gasteiger charge is -2.12. The fourth-order valence-electron chi connectivity index (χ4n) is 2.80. The number of aryl methyl sites for hydroxylation is 2. The first-order valence-corrected chi connectivity index (χ1v) is 10.8. The lowest BCUT2D eigenvalue weighted by molar-refractivity contribution is 0.103. The molecule has 0 fully saturated rings. The molecule has 3 aromatic rings. The highest BCUT2D eigenvalue weighted by molar-refractivity contribution is 7.92. The van der Waals surface area contributed by atoms with E-state index in [1.165, 1.54) is 30.6 Å². The predicted octanol–water partition coefficient (Wildman–Crippen LogP) is 5.05. The summed E-state index contributed by atoms with van der Waals surface area (Å²) in [5.74, 6) is -3.45. The molecule has 1 heterocycles. The number of carbonyl (C=O) groups is 1. The standard InChI is InChI=1S/C21H18ClF2N3O3S/c1-12-3-5-15(6-4-12)31(29,30)27-18-8-7-17(23)19(20(18)24)21(28)16-11-26-25-10-14(22)9-13(16)2/h3-11,25-27H,1-2H3. The van der Waals surface area contributed by atoms with Gasteiger partial charge in [0, 0.05) is 18.0 Å². The van der Waals surface area contributed by atoms with E-state index in [4.69, 9.17) is 11.6 Å². The maximum atomic E-state index is 15.1. The van der Waals surface area contributed by atoms with Crippen LogP contribution in [0.15, 0.2) is 59.8 Å². The third-order valence-electron chi connectivity index (χ3n) is 4.43. The molecule has 0 radical (unpaired) electrons. The summed E-state index contributed by atoms with van der Waals surface area (Å²) in [5, 5.41) is 5.42. The van der Waals surface area contributed by atoms with E-state index in [-0.39, 0.29) is 15.5 Å². The summed E-state index contributed by atoms with van der Waals surface area (Å²) in [5.41, 5.74) is -0.318. The number of carbonyl (C=O) groups excluding carboxylic acids is 1. The number of H-pyrrole nitrogens is 2. The van der Waals surface area contributed by atoms with Gasteiger partial charge in [-0.05, 0) is 49.7 Å². The molecule has 0 unspecified atom stereocenters. The van der Waals surface area contributed by atoms with Gasteiger partial charge in [-0.3, -0.25) is 9.52 Å². The zero-order valence-electron chi connectivity index (χ0n) is 16.5. The van der Waals surface area contributed by atoms with Crippen molar-refractivity contribution in [2.45, 2.75) is 18.7 Å². The molecule has 162 valence electrons. The van der Waals surface area contributed by atoms with E-state index in [1.807, 2.05) is 0 Å². The smallest absolute Gasteiger partial charge is 0.261 e. The largest absolute Gasteiger partial charge is 0.308 e. The van der Waals surface area contributed by atoms with E-state index in [0.29, 0.717) is 5.56 Å². The SMILES string of the molecule is Cc1ccc(S(=O)(=O)Nc2ccc(F)c(C(=O)c3c[nH][nH]cc(Cl)cc3C)c2F)cc1. The Morgan fingerprint density at radius 1 is 1.00 bits per heavy atom. The zero-order chi connectivity index (χ0) is 22.8. The zero-order valence-corrected chi connectivity index (χ0v) is 18.0. The van der Waals surface area contributed by atoms with Crippen molar-refractivity contribution >= 4 is 33.1 Å². The number of hydrogen-bond acceptors (Lipinski definition) is 3. The second-order valence-corrected chi connectivity index (χ2v) is 8.85. The Morgan fingerprint density at radius 3 is 2.32 bits per heavy atom. The molecule has 3 N–H and O–H groups in total. The number of aromatic nitrogens is 2. The lowest BCUT2D eigenvalue weighted by atomic mass is 10.00. The van der Waals surface area contributed by atoms with Gasteiger partial charge in [0.2, 0.25) is 5.78 Å². The number of benzene rings is 2. The van der Waals surface area contributed by atoms with E-state index in [1.54, 1.807) is 26.0 Å². The second-order valence-electron chi connectivity index (χ2n) is 6.73. The Morgan fingerprint density at radius 2 is 1.65 bits per heavy atom. The van der Waals surface area contributed by atoms with Crippen LogP contribution < -0.4 is 4.72 Å². The molecule has 0 aliphatic heterocycles. The van der Waals surface area contributed by atoms with E-state index in [0.717, 1.165) is 17.7 Å². The van der Waals surface area contributed by atoms with Crippen LogP contribution in [-0.4, -0.2) is 24.4 Å². The molecule has 0 bridgehead atoms. The molecule has 6 nitrogen and oxygen atoms in total. The number of rotatable bonds is 5. The third kappa shape index (κ3) is 4.95. The van der Waals surface area contributed by atoms with Crippen LogP contribution in [0.3, 0.4) is 0 Å². The quantitative estimate of drug-likeness (QED) is 0.460. The van der Waals surface area contributed by atoms with Crippen LogP contribution in [0, 0.1) is 25.5 Å². The predicted molar refractivity (Wildman–Crippen MR) is 114 cm³/mol. The van der Waals surface area contributed by atoms with Crippen LogP contribution >= 0.6 is 11.6 Å². The molecule has 0 aliphatic carbocycles. The molecule has 0 aliphatic rings. The molecular weight excluding hydrogens is 448 g/mol. The third-order valence-corrected chi connectivity index (χ3v) is 6.03. The summed E-state index contributed by atoms with van der Waals surface area (Å²) in [7, 11) is -4.16. The average molecular weight is 466 g/mol. The van der Waals surface area contributed by atoms with Gasteiger partial charge in [-0.25, -0.2) is 17.2 Å². The maximum absolute atomic E-state index is 15.1. The fraction of sp³-hybridized carbons (Fsp3) is 0.0952. The Bertz CT molecular complexity index is 1300. The Balaban J connectivity index is 2.07. The number of hydrogen-bond donors (Lipinski definition) is 3. The first-order valence-electron chi connectivity index (χ1n) is 8.98. The number of aromatic amines is 2. The number of ketones is 1. The van der Waals surface area contributed by atoms with Crippen molar-refractivity contribution in [2.75, 3.05) is 4.72 Å². The monoisotopic (exact) mass is 465 g/mol. The topological polar surface area (TPSA) is 94.8 Å². The van der Waals surface area contributed by atoms with Gasteiger partial charge in [0.25, 0.3) is 10.0 Å². The van der Waals surface area contributed by atoms with Gasteiger partial charge in [0.1, 0.15) is 5.82 Å². The van der Waals surface area contributed by atoms with Crippen molar-refractivity contribution in [3.05, 3.63) is 93.8 Å². The first-order chi connectivity index (χ1) is 14.6. The van der Waals surface area contributed by atoms with Crippen LogP contribution in [0.5, 0.6) is 0 Å². The number of sulfonamides is 1. The van der Waals surface area contributed by atoms with Crippen LogP contribution in [0.25, 0.3) is 0 Å². The Hall–Kier alpha value is -3.17. The number of anilines is 1. The normalized spacial score (nSPS) is 11.1. The maximum Gasteiger partial charge on any atom is 0.261 e. The summed E-state index contributed by atoms with van der Waals surface area (Å²) in [4.78, 5) is 12.8. The summed E-state index contributed by atoms with van der Waals surface area (Å²) < 4.78 is 56.8. The van der Waals surface area contributed by atoms with Gasteiger partial charge in [0.15, 0.2) is 5.82 Å². The van der Waals surface area contributed by atoms with E-state index >= 15 is 4.39 Å². The molecule has 3 rings (SSSR count). The average Bonchev–Trinajstić information content (AvgIpc) is 2.69. The molecule has 31 heavy (non-hydrogen) atoms. The Kier molecular flexibility index (Phi) is 6.47. The minimum Gasteiger partial charge on any atom is -0.308 e.